The molecule has 0 aliphatic carbocycles. The third-order valence-electron chi connectivity index (χ3n) is 3.98. The standard InChI is InChI=1S/C17H26N4O/c1-4-14-16(21-13-8-7-10-15(21)19-14)17(22)18-11-9-12-20(5-2)6-3/h7-8,10,13H,4-6,9,11-12H2,1-3H3,(H,18,22). The van der Waals surface area contributed by atoms with Gasteiger partial charge in [0, 0.05) is 12.7 Å². The van der Waals surface area contributed by atoms with Crippen molar-refractivity contribution in [3.05, 3.63) is 35.8 Å². The lowest BCUT2D eigenvalue weighted by atomic mass is 10.2. The number of aromatic nitrogens is 2. The summed E-state index contributed by atoms with van der Waals surface area (Å²) in [6, 6.07) is 5.79. The largest absolute Gasteiger partial charge is 0.351 e. The maximum Gasteiger partial charge on any atom is 0.270 e. The molecule has 0 atom stereocenters. The summed E-state index contributed by atoms with van der Waals surface area (Å²) >= 11 is 0. The molecule has 2 heterocycles. The third-order valence-corrected chi connectivity index (χ3v) is 3.98. The maximum atomic E-state index is 12.5. The molecule has 0 radical (unpaired) electrons. The molecule has 22 heavy (non-hydrogen) atoms. The van der Waals surface area contributed by atoms with Crippen LogP contribution in [0.1, 0.15) is 43.4 Å². The minimum absolute atomic E-state index is 0.0323. The van der Waals surface area contributed by atoms with E-state index in [-0.39, 0.29) is 5.91 Å². The fraction of sp³-hybridized carbons (Fsp3) is 0.529. The van der Waals surface area contributed by atoms with Crippen LogP contribution in [-0.2, 0) is 6.42 Å². The van der Waals surface area contributed by atoms with Crippen LogP contribution in [0.3, 0.4) is 0 Å². The highest BCUT2D eigenvalue weighted by molar-refractivity contribution is 5.94. The van der Waals surface area contributed by atoms with Crippen LogP contribution in [0.4, 0.5) is 0 Å². The van der Waals surface area contributed by atoms with Gasteiger partial charge in [-0.15, -0.1) is 0 Å². The van der Waals surface area contributed by atoms with Crippen molar-refractivity contribution in [3.8, 4) is 0 Å². The Morgan fingerprint density at radius 1 is 1.27 bits per heavy atom. The molecule has 5 heteroatoms. The molecule has 5 nitrogen and oxygen atoms in total. The normalized spacial score (nSPS) is 11.3. The summed E-state index contributed by atoms with van der Waals surface area (Å²) in [6.45, 7) is 10.2. The minimum Gasteiger partial charge on any atom is -0.351 e. The molecule has 2 rings (SSSR count). The molecule has 1 N–H and O–H groups in total. The summed E-state index contributed by atoms with van der Waals surface area (Å²) < 4.78 is 1.87. The summed E-state index contributed by atoms with van der Waals surface area (Å²) in [5.41, 5.74) is 2.35. The highest BCUT2D eigenvalue weighted by atomic mass is 16.1. The Balaban J connectivity index is 2.01. The number of rotatable bonds is 8. The number of nitrogens with one attached hydrogen (secondary N) is 1. The monoisotopic (exact) mass is 302 g/mol. The van der Waals surface area contributed by atoms with E-state index in [0.29, 0.717) is 12.2 Å². The van der Waals surface area contributed by atoms with E-state index in [1.54, 1.807) is 0 Å². The molecule has 0 unspecified atom stereocenters. The van der Waals surface area contributed by atoms with Gasteiger partial charge in [-0.2, -0.15) is 0 Å². The summed E-state index contributed by atoms with van der Waals surface area (Å²) in [7, 11) is 0. The van der Waals surface area contributed by atoms with E-state index >= 15 is 0 Å². The Morgan fingerprint density at radius 3 is 2.73 bits per heavy atom. The highest BCUT2D eigenvalue weighted by Gasteiger charge is 2.17. The van der Waals surface area contributed by atoms with Gasteiger partial charge in [0.05, 0.1) is 5.69 Å². The van der Waals surface area contributed by atoms with E-state index in [9.17, 15) is 4.79 Å². The molecule has 0 fully saturated rings. The van der Waals surface area contributed by atoms with Crippen LogP contribution in [0.5, 0.6) is 0 Å². The van der Waals surface area contributed by atoms with Gasteiger partial charge in [0.2, 0.25) is 0 Å². The molecule has 0 spiro atoms. The molecule has 120 valence electrons. The fourth-order valence-corrected chi connectivity index (χ4v) is 2.66. The molecule has 0 saturated heterocycles. The van der Waals surface area contributed by atoms with E-state index in [4.69, 9.17) is 0 Å². The van der Waals surface area contributed by atoms with Crippen molar-refractivity contribution >= 4 is 11.6 Å². The SMILES string of the molecule is CCc1nc2ccccn2c1C(=O)NCCCN(CC)CC. The summed E-state index contributed by atoms with van der Waals surface area (Å²) in [6.07, 6.45) is 3.61. The first-order valence-corrected chi connectivity index (χ1v) is 8.17. The van der Waals surface area contributed by atoms with Crippen LogP contribution in [-0.4, -0.2) is 46.4 Å². The zero-order valence-electron chi connectivity index (χ0n) is 13.8. The Hall–Kier alpha value is -1.88. The number of hydrogen-bond donors (Lipinski definition) is 1. The van der Waals surface area contributed by atoms with Crippen molar-refractivity contribution in [1.29, 1.82) is 0 Å². The second-order valence-electron chi connectivity index (χ2n) is 5.33. The van der Waals surface area contributed by atoms with Crippen molar-refractivity contribution in [2.75, 3.05) is 26.2 Å². The van der Waals surface area contributed by atoms with Crippen LogP contribution in [0.25, 0.3) is 5.65 Å². The molecule has 0 aliphatic rings. The Morgan fingerprint density at radius 2 is 2.05 bits per heavy atom. The molecule has 0 bridgehead atoms. The fourth-order valence-electron chi connectivity index (χ4n) is 2.66. The van der Waals surface area contributed by atoms with Gasteiger partial charge in [-0.05, 0) is 44.6 Å². The van der Waals surface area contributed by atoms with E-state index < -0.39 is 0 Å². The lowest BCUT2D eigenvalue weighted by molar-refractivity contribution is 0.0945. The average molecular weight is 302 g/mol. The number of aryl methyl sites for hydroxylation is 1. The zero-order chi connectivity index (χ0) is 15.9. The first-order valence-electron chi connectivity index (χ1n) is 8.17. The van der Waals surface area contributed by atoms with Gasteiger partial charge in [0.15, 0.2) is 0 Å². The van der Waals surface area contributed by atoms with Crippen molar-refractivity contribution < 1.29 is 4.79 Å². The Kier molecular flexibility index (Phi) is 5.95. The molecular formula is C17H26N4O. The van der Waals surface area contributed by atoms with Crippen LogP contribution < -0.4 is 5.32 Å². The number of hydrogen-bond acceptors (Lipinski definition) is 3. The lowest BCUT2D eigenvalue weighted by Crippen LogP contribution is -2.30. The molecular weight excluding hydrogens is 276 g/mol. The molecule has 1 amide bonds. The van der Waals surface area contributed by atoms with Gasteiger partial charge < -0.3 is 10.2 Å². The number of pyridine rings is 1. The van der Waals surface area contributed by atoms with Crippen LogP contribution in [0.15, 0.2) is 24.4 Å². The molecule has 2 aromatic rings. The number of imidazole rings is 1. The van der Waals surface area contributed by atoms with E-state index in [0.717, 1.165) is 43.8 Å². The van der Waals surface area contributed by atoms with Crippen LogP contribution in [0, 0.1) is 0 Å². The summed E-state index contributed by atoms with van der Waals surface area (Å²) in [5, 5.41) is 3.03. The van der Waals surface area contributed by atoms with Gasteiger partial charge in [-0.1, -0.05) is 26.8 Å². The molecule has 0 aliphatic heterocycles. The van der Waals surface area contributed by atoms with Crippen molar-refractivity contribution in [2.24, 2.45) is 0 Å². The van der Waals surface area contributed by atoms with E-state index in [2.05, 4.69) is 29.0 Å². The number of carbonyl (C=O) groups excluding carboxylic acids is 1. The Labute approximate surface area is 132 Å². The van der Waals surface area contributed by atoms with Crippen LogP contribution >= 0.6 is 0 Å². The predicted octanol–water partition coefficient (Wildman–Crippen LogP) is 2.36. The smallest absolute Gasteiger partial charge is 0.270 e. The second-order valence-corrected chi connectivity index (χ2v) is 5.33. The third kappa shape index (κ3) is 3.65. The quantitative estimate of drug-likeness (QED) is 0.762. The first-order chi connectivity index (χ1) is 10.7. The number of amides is 1. The van der Waals surface area contributed by atoms with Crippen LogP contribution in [0.2, 0.25) is 0 Å². The number of fused-ring (bicyclic) bond motifs is 1. The topological polar surface area (TPSA) is 49.6 Å². The summed E-state index contributed by atoms with van der Waals surface area (Å²) in [5.74, 6) is -0.0323. The van der Waals surface area contributed by atoms with Gasteiger partial charge >= 0.3 is 0 Å². The van der Waals surface area contributed by atoms with Gasteiger partial charge in [-0.25, -0.2) is 4.98 Å². The number of nitrogens with zero attached hydrogens (tertiary/aromatic N) is 3. The van der Waals surface area contributed by atoms with Gasteiger partial charge in [-0.3, -0.25) is 9.20 Å². The summed E-state index contributed by atoms with van der Waals surface area (Å²) in [4.78, 5) is 19.4. The second kappa shape index (κ2) is 7.94. The Bertz CT molecular complexity index is 616. The van der Waals surface area contributed by atoms with E-state index in [1.807, 2.05) is 35.7 Å². The maximum absolute atomic E-state index is 12.5. The van der Waals surface area contributed by atoms with Gasteiger partial charge in [0.25, 0.3) is 5.91 Å². The number of carbonyl (C=O) groups is 1. The van der Waals surface area contributed by atoms with Gasteiger partial charge in [0.1, 0.15) is 11.3 Å². The first kappa shape index (κ1) is 16.5. The molecule has 0 aromatic carbocycles. The van der Waals surface area contributed by atoms with Crippen molar-refractivity contribution in [2.45, 2.75) is 33.6 Å². The average Bonchev–Trinajstić information content (AvgIpc) is 2.93. The zero-order valence-corrected chi connectivity index (χ0v) is 13.8. The molecule has 0 saturated carbocycles. The highest BCUT2D eigenvalue weighted by Crippen LogP contribution is 2.13. The lowest BCUT2D eigenvalue weighted by Gasteiger charge is -2.17. The predicted molar refractivity (Wildman–Crippen MR) is 89.3 cm³/mol. The minimum atomic E-state index is -0.0323. The van der Waals surface area contributed by atoms with Crippen molar-refractivity contribution in [1.82, 2.24) is 19.6 Å². The van der Waals surface area contributed by atoms with Crippen molar-refractivity contribution in [3.63, 3.8) is 0 Å². The van der Waals surface area contributed by atoms with E-state index in [1.165, 1.54) is 0 Å². The molecule has 2 aromatic heterocycles.